The number of halogens is 1. The first-order chi connectivity index (χ1) is 9.24. The highest BCUT2D eigenvalue weighted by Crippen LogP contribution is 2.50. The summed E-state index contributed by atoms with van der Waals surface area (Å²) in [6.07, 6.45) is 5.63. The molecule has 1 N–H and O–H groups in total. The van der Waals surface area contributed by atoms with Crippen LogP contribution in [0.3, 0.4) is 0 Å². The van der Waals surface area contributed by atoms with Crippen LogP contribution in [0.15, 0.2) is 18.2 Å². The lowest BCUT2D eigenvalue weighted by atomic mass is 9.98. The van der Waals surface area contributed by atoms with Gasteiger partial charge in [-0.25, -0.2) is 0 Å². The molecule has 1 aromatic heterocycles. The fraction of sp³-hybridized carbons (Fsp3) is 0.533. The van der Waals surface area contributed by atoms with E-state index in [-0.39, 0.29) is 0 Å². The molecule has 100 valence electrons. The minimum absolute atomic E-state index is 0.801. The second-order valence-electron chi connectivity index (χ2n) is 6.02. The molecule has 0 atom stereocenters. The molecule has 19 heavy (non-hydrogen) atoms. The van der Waals surface area contributed by atoms with Crippen LogP contribution in [0.25, 0.3) is 11.0 Å². The molecule has 2 fully saturated rings. The Balaban J connectivity index is 1.77. The second kappa shape index (κ2) is 4.35. The molecule has 1 aromatic carbocycles. The molecule has 0 saturated heterocycles. The van der Waals surface area contributed by atoms with Crippen molar-refractivity contribution in [3.05, 3.63) is 28.0 Å². The molecular weight excluding hydrogens is 276 g/mol. The molecule has 2 saturated carbocycles. The lowest BCUT2D eigenvalue weighted by Crippen LogP contribution is -2.15. The van der Waals surface area contributed by atoms with Gasteiger partial charge in [0.1, 0.15) is 0 Å². The van der Waals surface area contributed by atoms with Crippen LogP contribution in [-0.4, -0.2) is 9.55 Å². The van der Waals surface area contributed by atoms with E-state index in [0.717, 1.165) is 45.1 Å². The van der Waals surface area contributed by atoms with Crippen molar-refractivity contribution in [3.63, 3.8) is 0 Å². The van der Waals surface area contributed by atoms with Crippen molar-refractivity contribution in [1.82, 2.24) is 9.55 Å². The normalized spacial score (nSPS) is 19.5. The van der Waals surface area contributed by atoms with Crippen LogP contribution in [0.4, 0.5) is 0 Å². The van der Waals surface area contributed by atoms with Crippen molar-refractivity contribution in [2.45, 2.75) is 32.2 Å². The molecule has 4 heteroatoms. The second-order valence-corrected chi connectivity index (χ2v) is 6.81. The Hall–Kier alpha value is -0.800. The molecule has 0 aliphatic heterocycles. The number of nitrogens with zero attached hydrogens (tertiary/aromatic N) is 1. The number of aromatic amines is 1. The van der Waals surface area contributed by atoms with Crippen LogP contribution in [0.2, 0.25) is 5.02 Å². The highest BCUT2D eigenvalue weighted by molar-refractivity contribution is 7.71. The molecule has 0 bridgehead atoms. The number of hydrogen-bond donors (Lipinski definition) is 1. The molecule has 2 aliphatic carbocycles. The molecule has 0 spiro atoms. The zero-order chi connectivity index (χ0) is 13.0. The number of hydrogen-bond acceptors (Lipinski definition) is 1. The first-order valence-corrected chi connectivity index (χ1v) is 7.89. The van der Waals surface area contributed by atoms with Crippen LogP contribution in [0.5, 0.6) is 0 Å². The number of aromatic nitrogens is 2. The largest absolute Gasteiger partial charge is 0.331 e. The van der Waals surface area contributed by atoms with E-state index in [9.17, 15) is 0 Å². The molecule has 0 unspecified atom stereocenters. The molecule has 2 aromatic rings. The summed E-state index contributed by atoms with van der Waals surface area (Å²) in [6.45, 7) is 1.04. The Labute approximate surface area is 122 Å². The van der Waals surface area contributed by atoms with Crippen molar-refractivity contribution in [1.29, 1.82) is 0 Å². The Morgan fingerprint density at radius 1 is 1.26 bits per heavy atom. The summed E-state index contributed by atoms with van der Waals surface area (Å²) in [4.78, 5) is 3.29. The van der Waals surface area contributed by atoms with Gasteiger partial charge in [0.2, 0.25) is 0 Å². The lowest BCUT2D eigenvalue weighted by Gasteiger charge is -2.17. The first kappa shape index (κ1) is 12.0. The van der Waals surface area contributed by atoms with Gasteiger partial charge < -0.3 is 9.55 Å². The maximum Gasteiger partial charge on any atom is 0.178 e. The van der Waals surface area contributed by atoms with Gasteiger partial charge in [-0.15, -0.1) is 0 Å². The Bertz CT molecular complexity index is 667. The summed E-state index contributed by atoms with van der Waals surface area (Å²) in [7, 11) is 0. The number of nitrogens with one attached hydrogen (secondary N) is 1. The van der Waals surface area contributed by atoms with Crippen LogP contribution in [0.1, 0.15) is 25.7 Å². The zero-order valence-corrected chi connectivity index (χ0v) is 12.3. The molecule has 2 aliphatic rings. The first-order valence-electron chi connectivity index (χ1n) is 7.11. The van der Waals surface area contributed by atoms with Gasteiger partial charge >= 0.3 is 0 Å². The fourth-order valence-corrected chi connectivity index (χ4v) is 3.84. The van der Waals surface area contributed by atoms with Crippen molar-refractivity contribution < 1.29 is 0 Å². The predicted molar refractivity (Wildman–Crippen MR) is 81.1 cm³/mol. The topological polar surface area (TPSA) is 20.7 Å². The summed E-state index contributed by atoms with van der Waals surface area (Å²) >= 11 is 11.9. The number of benzene rings is 1. The van der Waals surface area contributed by atoms with Crippen molar-refractivity contribution in [2.75, 3.05) is 0 Å². The minimum Gasteiger partial charge on any atom is -0.331 e. The van der Waals surface area contributed by atoms with E-state index >= 15 is 0 Å². The van der Waals surface area contributed by atoms with E-state index in [0.29, 0.717) is 0 Å². The highest BCUT2D eigenvalue weighted by Gasteiger charge is 2.41. The fourth-order valence-electron chi connectivity index (χ4n) is 3.29. The number of rotatable bonds is 4. The zero-order valence-electron chi connectivity index (χ0n) is 10.7. The van der Waals surface area contributed by atoms with Crippen molar-refractivity contribution in [2.24, 2.45) is 17.8 Å². The van der Waals surface area contributed by atoms with Crippen molar-refractivity contribution >= 4 is 34.9 Å². The summed E-state index contributed by atoms with van der Waals surface area (Å²) < 4.78 is 3.04. The predicted octanol–water partition coefficient (Wildman–Crippen LogP) is 4.79. The third-order valence-corrected chi connectivity index (χ3v) is 5.22. The van der Waals surface area contributed by atoms with Gasteiger partial charge in [0.05, 0.1) is 16.1 Å². The third-order valence-electron chi connectivity index (χ3n) is 4.59. The maximum absolute atomic E-state index is 6.36. The molecule has 2 nitrogen and oxygen atoms in total. The van der Waals surface area contributed by atoms with E-state index in [1.807, 2.05) is 12.1 Å². The Morgan fingerprint density at radius 2 is 1.95 bits per heavy atom. The van der Waals surface area contributed by atoms with Crippen LogP contribution in [-0.2, 0) is 6.54 Å². The summed E-state index contributed by atoms with van der Waals surface area (Å²) in [5.74, 6) is 2.67. The van der Waals surface area contributed by atoms with Gasteiger partial charge in [-0.2, -0.15) is 0 Å². The van der Waals surface area contributed by atoms with Crippen LogP contribution >= 0.6 is 23.8 Å². The van der Waals surface area contributed by atoms with Crippen LogP contribution < -0.4 is 0 Å². The highest BCUT2D eigenvalue weighted by atomic mass is 35.5. The quantitative estimate of drug-likeness (QED) is 0.804. The molecule has 4 rings (SSSR count). The lowest BCUT2D eigenvalue weighted by molar-refractivity contribution is 0.351. The van der Waals surface area contributed by atoms with Crippen LogP contribution in [0, 0.1) is 22.5 Å². The summed E-state index contributed by atoms with van der Waals surface area (Å²) in [5.41, 5.74) is 2.14. The van der Waals surface area contributed by atoms with E-state index in [4.69, 9.17) is 23.8 Å². The van der Waals surface area contributed by atoms with Gasteiger partial charge in [0.15, 0.2) is 4.77 Å². The molecule has 0 amide bonds. The summed E-state index contributed by atoms with van der Waals surface area (Å²) in [5, 5.41) is 0.801. The summed E-state index contributed by atoms with van der Waals surface area (Å²) in [6, 6.07) is 5.97. The number of fused-ring (bicyclic) bond motifs is 1. The average Bonchev–Trinajstić information content (AvgIpc) is 3.25. The van der Waals surface area contributed by atoms with Crippen molar-refractivity contribution in [3.8, 4) is 0 Å². The third kappa shape index (κ3) is 2.13. The molecule has 0 radical (unpaired) electrons. The van der Waals surface area contributed by atoms with E-state index in [1.165, 1.54) is 25.7 Å². The van der Waals surface area contributed by atoms with Gasteiger partial charge in [0, 0.05) is 6.54 Å². The van der Waals surface area contributed by atoms with Gasteiger partial charge in [-0.1, -0.05) is 17.7 Å². The number of para-hydroxylation sites is 1. The Morgan fingerprint density at radius 3 is 2.58 bits per heavy atom. The molecular formula is C15H17ClN2S. The number of imidazole rings is 1. The monoisotopic (exact) mass is 292 g/mol. The standard InChI is InChI=1S/C15H17ClN2S/c16-12-2-1-3-13-14(12)18(15(19)17-13)8-11(9-4-5-9)10-6-7-10/h1-3,9-11H,4-8H2,(H,17,19). The number of H-pyrrole nitrogens is 1. The minimum atomic E-state index is 0.801. The SMILES string of the molecule is S=c1[nH]c2cccc(Cl)c2n1CC(C1CC1)C1CC1. The van der Waals surface area contributed by atoms with E-state index in [2.05, 4.69) is 15.6 Å². The van der Waals surface area contributed by atoms with E-state index in [1.54, 1.807) is 0 Å². The van der Waals surface area contributed by atoms with E-state index < -0.39 is 0 Å². The molecule has 1 heterocycles. The smallest absolute Gasteiger partial charge is 0.178 e. The van der Waals surface area contributed by atoms with Gasteiger partial charge in [-0.05, 0) is 67.8 Å². The van der Waals surface area contributed by atoms with Gasteiger partial charge in [-0.3, -0.25) is 0 Å². The Kier molecular flexibility index (Phi) is 2.75. The average molecular weight is 293 g/mol. The maximum atomic E-state index is 6.36. The van der Waals surface area contributed by atoms with Gasteiger partial charge in [0.25, 0.3) is 0 Å².